The molecule has 1 aliphatic rings. The first-order valence-corrected chi connectivity index (χ1v) is 7.73. The van der Waals surface area contributed by atoms with E-state index in [9.17, 15) is 0 Å². The summed E-state index contributed by atoms with van der Waals surface area (Å²) in [5.74, 6) is 0.634. The monoisotopic (exact) mass is 372 g/mol. The Morgan fingerprint density at radius 2 is 1.76 bits per heavy atom. The Balaban J connectivity index is 0.00000200. The molecule has 2 nitrogen and oxygen atoms in total. The summed E-state index contributed by atoms with van der Waals surface area (Å²) in [6.45, 7) is 8.75. The van der Waals surface area contributed by atoms with Crippen molar-refractivity contribution in [1.82, 2.24) is 10.2 Å². The Morgan fingerprint density at radius 1 is 1.14 bits per heavy atom. The van der Waals surface area contributed by atoms with Crippen molar-refractivity contribution in [2.45, 2.75) is 26.3 Å². The Labute approximate surface area is 150 Å². The predicted octanol–water partition coefficient (Wildman–Crippen LogP) is 4.83. The van der Waals surface area contributed by atoms with Gasteiger partial charge < -0.3 is 5.32 Å². The molecule has 0 bridgehead atoms. The number of rotatable bonds is 4. The molecular weight excluding hydrogens is 350 g/mol. The summed E-state index contributed by atoms with van der Waals surface area (Å²) in [6, 6.07) is 6.17. The fourth-order valence-corrected chi connectivity index (χ4v) is 3.11. The third-order valence-electron chi connectivity index (χ3n) is 3.60. The van der Waals surface area contributed by atoms with Crippen molar-refractivity contribution in [3.63, 3.8) is 0 Å². The first kappa shape index (κ1) is 21.3. The van der Waals surface area contributed by atoms with Gasteiger partial charge in [-0.2, -0.15) is 0 Å². The second-order valence-corrected chi connectivity index (χ2v) is 6.44. The molecule has 1 aromatic carbocycles. The van der Waals surface area contributed by atoms with E-state index in [1.807, 2.05) is 18.2 Å². The highest BCUT2D eigenvalue weighted by Gasteiger charge is 2.24. The molecule has 2 rings (SSSR count). The van der Waals surface area contributed by atoms with E-state index in [4.69, 9.17) is 23.2 Å². The Morgan fingerprint density at radius 3 is 2.33 bits per heavy atom. The zero-order valence-corrected chi connectivity index (χ0v) is 15.6. The van der Waals surface area contributed by atoms with E-state index in [0.717, 1.165) is 42.6 Å². The van der Waals surface area contributed by atoms with Gasteiger partial charge in [0.05, 0.1) is 0 Å². The summed E-state index contributed by atoms with van der Waals surface area (Å²) in [4.78, 5) is 2.52. The predicted molar refractivity (Wildman–Crippen MR) is 97.6 cm³/mol. The van der Waals surface area contributed by atoms with Crippen molar-refractivity contribution in [3.8, 4) is 0 Å². The molecule has 0 unspecified atom stereocenters. The molecule has 0 saturated carbocycles. The van der Waals surface area contributed by atoms with Crippen molar-refractivity contribution < 1.29 is 0 Å². The summed E-state index contributed by atoms with van der Waals surface area (Å²) in [7, 11) is 0. The molecule has 21 heavy (non-hydrogen) atoms. The topological polar surface area (TPSA) is 15.3 Å². The van der Waals surface area contributed by atoms with E-state index in [1.165, 1.54) is 5.56 Å². The molecule has 122 valence electrons. The quantitative estimate of drug-likeness (QED) is 0.812. The number of hydrogen-bond donors (Lipinski definition) is 1. The van der Waals surface area contributed by atoms with Crippen molar-refractivity contribution in [3.05, 3.63) is 33.8 Å². The van der Waals surface area contributed by atoms with Crippen LogP contribution in [0.1, 0.15) is 31.9 Å². The van der Waals surface area contributed by atoms with Gasteiger partial charge in [0.1, 0.15) is 0 Å². The Hall–Kier alpha value is 0.300. The lowest BCUT2D eigenvalue weighted by Crippen LogP contribution is -2.45. The maximum absolute atomic E-state index is 6.39. The zero-order valence-electron chi connectivity index (χ0n) is 12.4. The van der Waals surface area contributed by atoms with Crippen LogP contribution in [0.5, 0.6) is 0 Å². The van der Waals surface area contributed by atoms with Crippen LogP contribution in [0.25, 0.3) is 0 Å². The standard InChI is InChI=1S/C15H22Cl2N2.2ClH/c1-11(2)9-15(19-7-5-18-6-8-19)13-10-12(16)3-4-14(13)17;;/h3-4,10-11,15,18H,5-9H2,1-2H3;2*1H/t15-;;/m1../s1. The van der Waals surface area contributed by atoms with Crippen molar-refractivity contribution in [2.24, 2.45) is 5.92 Å². The van der Waals surface area contributed by atoms with Crippen LogP contribution in [0.3, 0.4) is 0 Å². The van der Waals surface area contributed by atoms with Gasteiger partial charge in [-0.05, 0) is 36.1 Å². The van der Waals surface area contributed by atoms with Crippen molar-refractivity contribution >= 4 is 48.0 Å². The maximum atomic E-state index is 6.39. The smallest absolute Gasteiger partial charge is 0.0454 e. The van der Waals surface area contributed by atoms with Crippen molar-refractivity contribution in [1.29, 1.82) is 0 Å². The van der Waals surface area contributed by atoms with E-state index in [-0.39, 0.29) is 24.8 Å². The third kappa shape index (κ3) is 6.13. The normalized spacial score (nSPS) is 17.0. The Kier molecular flexibility index (Phi) is 10.3. The Bertz CT molecular complexity index is 420. The van der Waals surface area contributed by atoms with E-state index >= 15 is 0 Å². The van der Waals surface area contributed by atoms with Gasteiger partial charge in [0.2, 0.25) is 0 Å². The van der Waals surface area contributed by atoms with Crippen LogP contribution in [0.15, 0.2) is 18.2 Å². The van der Waals surface area contributed by atoms with Gasteiger partial charge in [0.15, 0.2) is 0 Å². The minimum Gasteiger partial charge on any atom is -0.314 e. The molecule has 0 aromatic heterocycles. The van der Waals surface area contributed by atoms with Crippen LogP contribution in [0, 0.1) is 5.92 Å². The molecule has 1 aromatic rings. The molecule has 1 aliphatic heterocycles. The van der Waals surface area contributed by atoms with E-state index < -0.39 is 0 Å². The van der Waals surface area contributed by atoms with Gasteiger partial charge in [-0.15, -0.1) is 24.8 Å². The van der Waals surface area contributed by atoms with E-state index in [0.29, 0.717) is 12.0 Å². The summed E-state index contributed by atoms with van der Waals surface area (Å²) in [5.41, 5.74) is 1.17. The summed E-state index contributed by atoms with van der Waals surface area (Å²) >= 11 is 12.5. The molecule has 1 atom stereocenters. The van der Waals surface area contributed by atoms with Crippen LogP contribution in [0.2, 0.25) is 10.0 Å². The second kappa shape index (κ2) is 10.1. The fraction of sp³-hybridized carbons (Fsp3) is 0.600. The lowest BCUT2D eigenvalue weighted by Gasteiger charge is -2.36. The van der Waals surface area contributed by atoms with Crippen LogP contribution < -0.4 is 5.32 Å². The molecule has 0 aliphatic carbocycles. The van der Waals surface area contributed by atoms with Gasteiger partial charge in [0.25, 0.3) is 0 Å². The number of piperazine rings is 1. The lowest BCUT2D eigenvalue weighted by molar-refractivity contribution is 0.154. The second-order valence-electron chi connectivity index (χ2n) is 5.60. The number of hydrogen-bond acceptors (Lipinski definition) is 2. The highest BCUT2D eigenvalue weighted by atomic mass is 35.5. The number of nitrogens with one attached hydrogen (secondary N) is 1. The number of halogens is 4. The van der Waals surface area contributed by atoms with Gasteiger partial charge in [-0.3, -0.25) is 4.90 Å². The largest absolute Gasteiger partial charge is 0.314 e. The lowest BCUT2D eigenvalue weighted by atomic mass is 9.95. The molecule has 1 fully saturated rings. The van der Waals surface area contributed by atoms with Crippen LogP contribution in [0.4, 0.5) is 0 Å². The molecule has 1 saturated heterocycles. The fourth-order valence-electron chi connectivity index (χ4n) is 2.68. The van der Waals surface area contributed by atoms with Gasteiger partial charge in [-0.25, -0.2) is 0 Å². The van der Waals surface area contributed by atoms with Gasteiger partial charge in [-0.1, -0.05) is 37.0 Å². The average molecular weight is 374 g/mol. The first-order chi connectivity index (χ1) is 9.08. The zero-order chi connectivity index (χ0) is 13.8. The van der Waals surface area contributed by atoms with Gasteiger partial charge >= 0.3 is 0 Å². The summed E-state index contributed by atoms with van der Waals surface area (Å²) < 4.78 is 0. The summed E-state index contributed by atoms with van der Waals surface area (Å²) in [6.07, 6.45) is 1.11. The molecule has 0 radical (unpaired) electrons. The molecule has 6 heteroatoms. The third-order valence-corrected chi connectivity index (χ3v) is 4.18. The molecule has 1 N–H and O–H groups in total. The highest BCUT2D eigenvalue weighted by Crippen LogP contribution is 2.34. The first-order valence-electron chi connectivity index (χ1n) is 6.97. The SMILES string of the molecule is CC(C)C[C@H](c1cc(Cl)ccc1Cl)N1CCNCC1.Cl.Cl. The average Bonchev–Trinajstić information content (AvgIpc) is 2.40. The van der Waals surface area contributed by atoms with E-state index in [2.05, 4.69) is 24.1 Å². The summed E-state index contributed by atoms with van der Waals surface area (Å²) in [5, 5.41) is 4.99. The van der Waals surface area contributed by atoms with Crippen LogP contribution in [-0.2, 0) is 0 Å². The molecule has 0 spiro atoms. The number of benzene rings is 1. The maximum Gasteiger partial charge on any atom is 0.0454 e. The molecule has 1 heterocycles. The van der Waals surface area contributed by atoms with Gasteiger partial charge in [0, 0.05) is 42.3 Å². The van der Waals surface area contributed by atoms with E-state index in [1.54, 1.807) is 0 Å². The minimum atomic E-state index is 0. The number of nitrogens with zero attached hydrogens (tertiary/aromatic N) is 1. The molecular formula is C15H24Cl4N2. The molecule has 0 amide bonds. The van der Waals surface area contributed by atoms with Crippen LogP contribution in [-0.4, -0.2) is 31.1 Å². The van der Waals surface area contributed by atoms with Crippen molar-refractivity contribution in [2.75, 3.05) is 26.2 Å². The van der Waals surface area contributed by atoms with Crippen LogP contribution >= 0.6 is 48.0 Å². The minimum absolute atomic E-state index is 0. The highest BCUT2D eigenvalue weighted by molar-refractivity contribution is 6.33.